The molecule has 1 aliphatic carbocycles. The van der Waals surface area contributed by atoms with Crippen molar-refractivity contribution in [1.82, 2.24) is 20.9 Å². The molecule has 204 valence electrons. The van der Waals surface area contributed by atoms with Crippen LogP contribution < -0.4 is 16.0 Å². The molecule has 2 amide bonds. The van der Waals surface area contributed by atoms with Gasteiger partial charge in [0.2, 0.25) is 11.8 Å². The fraction of sp³-hybridized carbons (Fsp3) is 0.516. The number of nitrogens with one attached hydrogen (secondary N) is 3. The summed E-state index contributed by atoms with van der Waals surface area (Å²) in [4.78, 5) is 41.6. The molecule has 0 fully saturated rings. The van der Waals surface area contributed by atoms with Crippen LogP contribution in [0.25, 0.3) is 0 Å². The SMILES string of the molecule is CN[C@@](C)(C=O)CN[C@H](C(=O)N1Cc2ccccc2C[C@H]1C(=O)N[C@H]1CCCc2ccccc21)C(C)(C)C. The molecular weight excluding hydrogens is 476 g/mol. The number of aldehydes is 1. The second-order valence-corrected chi connectivity index (χ2v) is 12.1. The number of carbonyl (C=O) groups excluding carboxylic acids is 3. The zero-order valence-electron chi connectivity index (χ0n) is 23.3. The molecule has 2 aliphatic rings. The number of carbonyl (C=O) groups is 3. The molecule has 1 heterocycles. The largest absolute Gasteiger partial charge is 0.347 e. The smallest absolute Gasteiger partial charge is 0.243 e. The summed E-state index contributed by atoms with van der Waals surface area (Å²) < 4.78 is 0. The Balaban J connectivity index is 1.62. The minimum Gasteiger partial charge on any atom is -0.347 e. The molecular formula is C31H42N4O3. The molecule has 4 rings (SSSR count). The third kappa shape index (κ3) is 6.00. The van der Waals surface area contributed by atoms with E-state index in [1.807, 2.05) is 51.1 Å². The molecule has 7 nitrogen and oxygen atoms in total. The van der Waals surface area contributed by atoms with Gasteiger partial charge >= 0.3 is 0 Å². The second kappa shape index (κ2) is 11.4. The van der Waals surface area contributed by atoms with E-state index in [-0.39, 0.29) is 17.9 Å². The summed E-state index contributed by atoms with van der Waals surface area (Å²) in [5, 5.41) is 9.69. The Labute approximate surface area is 226 Å². The molecule has 0 spiro atoms. The van der Waals surface area contributed by atoms with Crippen molar-refractivity contribution < 1.29 is 14.4 Å². The molecule has 2 aromatic rings. The molecule has 1 aliphatic heterocycles. The van der Waals surface area contributed by atoms with Gasteiger partial charge in [-0.05, 0) is 60.9 Å². The number of hydrogen-bond acceptors (Lipinski definition) is 5. The van der Waals surface area contributed by atoms with Gasteiger partial charge in [0.05, 0.1) is 17.6 Å². The fourth-order valence-electron chi connectivity index (χ4n) is 5.59. The van der Waals surface area contributed by atoms with Crippen molar-refractivity contribution >= 4 is 18.1 Å². The Kier molecular flexibility index (Phi) is 8.38. The average Bonchev–Trinajstić information content (AvgIpc) is 2.91. The lowest BCUT2D eigenvalue weighted by molar-refractivity contribution is -0.146. The molecule has 0 saturated heterocycles. The van der Waals surface area contributed by atoms with Gasteiger partial charge in [0.1, 0.15) is 12.3 Å². The number of likely N-dealkylation sites (N-methyl/N-ethyl adjacent to an activating group) is 1. The third-order valence-corrected chi connectivity index (χ3v) is 8.14. The predicted octanol–water partition coefficient (Wildman–Crippen LogP) is 3.32. The summed E-state index contributed by atoms with van der Waals surface area (Å²) in [5.41, 5.74) is 3.39. The zero-order valence-corrected chi connectivity index (χ0v) is 23.3. The summed E-state index contributed by atoms with van der Waals surface area (Å²) in [6.45, 7) is 8.48. The summed E-state index contributed by atoms with van der Waals surface area (Å²) in [7, 11) is 1.73. The Morgan fingerprint density at radius 1 is 1.03 bits per heavy atom. The van der Waals surface area contributed by atoms with Crippen LogP contribution in [0.3, 0.4) is 0 Å². The van der Waals surface area contributed by atoms with Crippen LogP contribution in [0.2, 0.25) is 0 Å². The Bertz CT molecular complexity index is 1170. The molecule has 2 aromatic carbocycles. The highest BCUT2D eigenvalue weighted by Crippen LogP contribution is 2.32. The number of benzene rings is 2. The summed E-state index contributed by atoms with van der Waals surface area (Å²) in [6, 6.07) is 15.1. The molecule has 0 saturated carbocycles. The fourth-order valence-corrected chi connectivity index (χ4v) is 5.59. The van der Waals surface area contributed by atoms with Crippen LogP contribution >= 0.6 is 0 Å². The first-order chi connectivity index (χ1) is 18.1. The monoisotopic (exact) mass is 518 g/mol. The summed E-state index contributed by atoms with van der Waals surface area (Å²) in [6.07, 6.45) is 4.27. The van der Waals surface area contributed by atoms with Gasteiger partial charge in [0, 0.05) is 19.5 Å². The van der Waals surface area contributed by atoms with E-state index in [4.69, 9.17) is 0 Å². The van der Waals surface area contributed by atoms with E-state index in [9.17, 15) is 14.4 Å². The van der Waals surface area contributed by atoms with E-state index in [0.717, 1.165) is 36.7 Å². The van der Waals surface area contributed by atoms with Crippen LogP contribution in [0, 0.1) is 5.41 Å². The van der Waals surface area contributed by atoms with E-state index in [1.54, 1.807) is 18.9 Å². The molecule has 0 unspecified atom stereocenters. The van der Waals surface area contributed by atoms with Crippen LogP contribution in [0.15, 0.2) is 48.5 Å². The quantitative estimate of drug-likeness (QED) is 0.467. The van der Waals surface area contributed by atoms with Crippen molar-refractivity contribution in [2.75, 3.05) is 13.6 Å². The lowest BCUT2D eigenvalue weighted by Gasteiger charge is -2.42. The molecule has 0 bridgehead atoms. The summed E-state index contributed by atoms with van der Waals surface area (Å²) >= 11 is 0. The maximum absolute atomic E-state index is 14.2. The minimum absolute atomic E-state index is 0.0537. The minimum atomic E-state index is -0.802. The van der Waals surface area contributed by atoms with Crippen LogP contribution in [0.1, 0.15) is 68.8 Å². The number of amides is 2. The number of nitrogens with zero attached hydrogens (tertiary/aromatic N) is 1. The van der Waals surface area contributed by atoms with Crippen LogP contribution in [-0.4, -0.2) is 54.2 Å². The van der Waals surface area contributed by atoms with Crippen LogP contribution in [-0.2, 0) is 33.8 Å². The van der Waals surface area contributed by atoms with Gasteiger partial charge in [-0.25, -0.2) is 0 Å². The van der Waals surface area contributed by atoms with Crippen LogP contribution in [0.4, 0.5) is 0 Å². The molecule has 3 N–H and O–H groups in total. The second-order valence-electron chi connectivity index (χ2n) is 12.1. The van der Waals surface area contributed by atoms with Gasteiger partial charge in [0.15, 0.2) is 0 Å². The number of rotatable bonds is 8. The highest BCUT2D eigenvalue weighted by Gasteiger charge is 2.42. The predicted molar refractivity (Wildman–Crippen MR) is 150 cm³/mol. The van der Waals surface area contributed by atoms with Crippen molar-refractivity contribution in [2.45, 2.75) is 83.6 Å². The number of hydrogen-bond donors (Lipinski definition) is 3. The van der Waals surface area contributed by atoms with Gasteiger partial charge < -0.3 is 25.6 Å². The van der Waals surface area contributed by atoms with Gasteiger partial charge in [-0.2, -0.15) is 0 Å². The standard InChI is InChI=1S/C31H42N4O3/c1-30(2,3)27(33-19-31(4,20-36)32-5)29(38)35-18-23-13-7-6-12-22(23)17-26(35)28(37)34-25-16-10-14-21-11-8-9-15-24(21)25/h6-9,11-13,15,20,25-27,32-33H,10,14,16-19H2,1-5H3,(H,34,37)/t25-,26-,27+,31+/m0/s1. The Morgan fingerprint density at radius 2 is 1.68 bits per heavy atom. The van der Waals surface area contributed by atoms with Gasteiger partial charge in [-0.3, -0.25) is 9.59 Å². The third-order valence-electron chi connectivity index (χ3n) is 8.14. The molecule has 38 heavy (non-hydrogen) atoms. The van der Waals surface area contributed by atoms with Crippen molar-refractivity contribution in [3.63, 3.8) is 0 Å². The topological polar surface area (TPSA) is 90.5 Å². The van der Waals surface area contributed by atoms with E-state index >= 15 is 0 Å². The molecule has 0 aromatic heterocycles. The highest BCUT2D eigenvalue weighted by atomic mass is 16.2. The van der Waals surface area contributed by atoms with E-state index in [1.165, 1.54) is 11.1 Å². The van der Waals surface area contributed by atoms with Crippen molar-refractivity contribution in [3.8, 4) is 0 Å². The number of aryl methyl sites for hydroxylation is 1. The molecule has 7 heteroatoms. The Morgan fingerprint density at radius 3 is 2.34 bits per heavy atom. The first-order valence-corrected chi connectivity index (χ1v) is 13.7. The normalized spacial score (nSPS) is 21.4. The molecule has 0 radical (unpaired) electrons. The lowest BCUT2D eigenvalue weighted by atomic mass is 9.83. The number of fused-ring (bicyclic) bond motifs is 2. The van der Waals surface area contributed by atoms with Crippen molar-refractivity contribution in [2.24, 2.45) is 5.41 Å². The van der Waals surface area contributed by atoms with Gasteiger partial charge in [-0.1, -0.05) is 69.3 Å². The zero-order chi connectivity index (χ0) is 27.5. The lowest BCUT2D eigenvalue weighted by Crippen LogP contribution is -2.62. The van der Waals surface area contributed by atoms with Crippen molar-refractivity contribution in [3.05, 3.63) is 70.8 Å². The van der Waals surface area contributed by atoms with E-state index < -0.39 is 23.0 Å². The van der Waals surface area contributed by atoms with E-state index in [2.05, 4.69) is 34.1 Å². The average molecular weight is 519 g/mol. The maximum Gasteiger partial charge on any atom is 0.243 e. The highest BCUT2D eigenvalue weighted by molar-refractivity contribution is 5.91. The Hall–Kier alpha value is -3.03. The van der Waals surface area contributed by atoms with Gasteiger partial charge in [-0.15, -0.1) is 0 Å². The van der Waals surface area contributed by atoms with E-state index in [0.29, 0.717) is 19.5 Å². The van der Waals surface area contributed by atoms with Gasteiger partial charge in [0.25, 0.3) is 0 Å². The first kappa shape index (κ1) is 28.0. The first-order valence-electron chi connectivity index (χ1n) is 13.7. The van der Waals surface area contributed by atoms with Crippen molar-refractivity contribution in [1.29, 1.82) is 0 Å². The summed E-state index contributed by atoms with van der Waals surface area (Å²) in [5.74, 6) is -0.240. The molecule has 4 atom stereocenters. The maximum atomic E-state index is 14.2. The van der Waals surface area contributed by atoms with Crippen LogP contribution in [0.5, 0.6) is 0 Å².